The molecule has 20 heavy (non-hydrogen) atoms. The summed E-state index contributed by atoms with van der Waals surface area (Å²) in [6, 6.07) is 17.8. The van der Waals surface area contributed by atoms with Crippen LogP contribution in [0.2, 0.25) is 0 Å². The first-order chi connectivity index (χ1) is 9.69. The molecule has 98 valence electrons. The molecule has 3 heteroatoms. The molecular weight excluding hydrogens is 250 g/mol. The summed E-state index contributed by atoms with van der Waals surface area (Å²) in [6.45, 7) is 1.72. The zero-order chi connectivity index (χ0) is 14.4. The van der Waals surface area contributed by atoms with E-state index in [9.17, 15) is 4.79 Å². The lowest BCUT2D eigenvalue weighted by Crippen LogP contribution is -1.99. The summed E-state index contributed by atoms with van der Waals surface area (Å²) in [5.74, 6) is 0.999. The van der Waals surface area contributed by atoms with Crippen LogP contribution in [0.4, 0.5) is 0 Å². The van der Waals surface area contributed by atoms with Gasteiger partial charge in [0.25, 0.3) is 0 Å². The molecule has 2 aromatic carbocycles. The van der Waals surface area contributed by atoms with E-state index in [1.807, 2.05) is 24.3 Å². The number of hydrogen-bond acceptors (Lipinski definition) is 3. The van der Waals surface area contributed by atoms with Gasteiger partial charge in [0.05, 0.1) is 11.6 Å². The van der Waals surface area contributed by atoms with Crippen molar-refractivity contribution in [3.63, 3.8) is 0 Å². The van der Waals surface area contributed by atoms with Gasteiger partial charge in [-0.25, -0.2) is 0 Å². The van der Waals surface area contributed by atoms with Crippen LogP contribution >= 0.6 is 0 Å². The first-order valence-corrected chi connectivity index (χ1v) is 6.15. The second-order valence-electron chi connectivity index (χ2n) is 4.22. The van der Waals surface area contributed by atoms with Gasteiger partial charge >= 0.3 is 0 Å². The first kappa shape index (κ1) is 13.6. The maximum Gasteiger partial charge on any atom is 0.189 e. The van der Waals surface area contributed by atoms with Crippen molar-refractivity contribution in [1.29, 1.82) is 5.26 Å². The molecule has 0 radical (unpaired) electrons. The smallest absolute Gasteiger partial charge is 0.189 e. The minimum absolute atomic E-state index is 0.100. The van der Waals surface area contributed by atoms with Gasteiger partial charge in [-0.05, 0) is 31.2 Å². The number of nitrogens with zero attached hydrogens (tertiary/aromatic N) is 1. The van der Waals surface area contributed by atoms with Crippen molar-refractivity contribution in [1.82, 2.24) is 0 Å². The number of nitriles is 1. The molecule has 0 saturated carbocycles. The normalized spacial score (nSPS) is 10.7. The number of rotatable bonds is 4. The minimum atomic E-state index is -0.100. The van der Waals surface area contributed by atoms with Gasteiger partial charge in [0, 0.05) is 11.6 Å². The van der Waals surface area contributed by atoms with Crippen molar-refractivity contribution in [3.05, 3.63) is 77.6 Å². The van der Waals surface area contributed by atoms with Crippen LogP contribution in [0.5, 0.6) is 5.75 Å². The summed E-state index contributed by atoms with van der Waals surface area (Å²) in [6.07, 6.45) is 1.45. The summed E-state index contributed by atoms with van der Waals surface area (Å²) in [5, 5.41) is 8.71. The summed E-state index contributed by atoms with van der Waals surface area (Å²) in [7, 11) is 0. The molecule has 0 unspecified atom stereocenters. The van der Waals surface area contributed by atoms with Gasteiger partial charge in [0.2, 0.25) is 0 Å². The van der Waals surface area contributed by atoms with E-state index in [0.717, 1.165) is 0 Å². The van der Waals surface area contributed by atoms with Gasteiger partial charge in [-0.1, -0.05) is 30.3 Å². The third-order valence-electron chi connectivity index (χ3n) is 2.65. The molecule has 0 bridgehead atoms. The van der Waals surface area contributed by atoms with Crippen molar-refractivity contribution < 1.29 is 9.53 Å². The molecule has 2 aromatic rings. The van der Waals surface area contributed by atoms with Gasteiger partial charge in [0.15, 0.2) is 5.78 Å². The average Bonchev–Trinajstić information content (AvgIpc) is 2.49. The van der Waals surface area contributed by atoms with Gasteiger partial charge in [-0.15, -0.1) is 0 Å². The van der Waals surface area contributed by atoms with E-state index >= 15 is 0 Å². The van der Waals surface area contributed by atoms with Crippen molar-refractivity contribution in [3.8, 4) is 11.8 Å². The zero-order valence-electron chi connectivity index (χ0n) is 11.0. The van der Waals surface area contributed by atoms with E-state index in [0.29, 0.717) is 22.6 Å². The standard InChI is InChI=1S/C17H13NO2/c1-13(11-17(19)15-5-3-2-4-6-15)20-16-9-7-14(12-18)8-10-16/h2-11H,1H3/b13-11+. The highest BCUT2D eigenvalue weighted by Gasteiger charge is 2.03. The number of allylic oxidation sites excluding steroid dienone is 2. The molecule has 2 rings (SSSR count). The van der Waals surface area contributed by atoms with Crippen LogP contribution in [0.25, 0.3) is 0 Å². The van der Waals surface area contributed by atoms with E-state index in [1.54, 1.807) is 43.3 Å². The van der Waals surface area contributed by atoms with Gasteiger partial charge in [-0.2, -0.15) is 5.26 Å². The maximum absolute atomic E-state index is 11.9. The number of ketones is 1. The topological polar surface area (TPSA) is 50.1 Å². The Morgan fingerprint density at radius 3 is 2.35 bits per heavy atom. The van der Waals surface area contributed by atoms with Crippen LogP contribution in [0, 0.1) is 11.3 Å². The molecule has 0 heterocycles. The predicted molar refractivity (Wildman–Crippen MR) is 76.3 cm³/mol. The Labute approximate surface area is 117 Å². The highest BCUT2D eigenvalue weighted by Crippen LogP contribution is 2.15. The molecule has 0 atom stereocenters. The molecule has 0 aliphatic rings. The summed E-state index contributed by atoms with van der Waals surface area (Å²) >= 11 is 0. The van der Waals surface area contributed by atoms with Crippen LogP contribution in [-0.2, 0) is 0 Å². The molecular formula is C17H13NO2. The Morgan fingerprint density at radius 2 is 1.75 bits per heavy atom. The Balaban J connectivity index is 2.07. The van der Waals surface area contributed by atoms with Crippen molar-refractivity contribution >= 4 is 5.78 Å². The molecule has 0 spiro atoms. The van der Waals surface area contributed by atoms with Crippen molar-refractivity contribution in [2.24, 2.45) is 0 Å². The fraction of sp³-hybridized carbons (Fsp3) is 0.0588. The van der Waals surface area contributed by atoms with Crippen LogP contribution < -0.4 is 4.74 Å². The molecule has 0 aliphatic heterocycles. The number of carbonyl (C=O) groups is 1. The molecule has 0 N–H and O–H groups in total. The lowest BCUT2D eigenvalue weighted by molar-refractivity contribution is 0.104. The maximum atomic E-state index is 11.9. The quantitative estimate of drug-likeness (QED) is 0.480. The molecule has 0 saturated heterocycles. The second kappa shape index (κ2) is 6.35. The molecule has 3 nitrogen and oxygen atoms in total. The minimum Gasteiger partial charge on any atom is -0.462 e. The number of benzene rings is 2. The highest BCUT2D eigenvalue weighted by molar-refractivity contribution is 6.04. The Morgan fingerprint density at radius 1 is 1.10 bits per heavy atom. The fourth-order valence-corrected chi connectivity index (χ4v) is 1.68. The molecule has 0 fully saturated rings. The first-order valence-electron chi connectivity index (χ1n) is 6.15. The van der Waals surface area contributed by atoms with E-state index in [4.69, 9.17) is 10.00 Å². The summed E-state index contributed by atoms with van der Waals surface area (Å²) in [5.41, 5.74) is 1.19. The summed E-state index contributed by atoms with van der Waals surface area (Å²) in [4.78, 5) is 11.9. The van der Waals surface area contributed by atoms with E-state index in [-0.39, 0.29) is 5.78 Å². The third kappa shape index (κ3) is 3.56. The molecule has 0 aromatic heterocycles. The Bertz CT molecular complexity index is 664. The van der Waals surface area contributed by atoms with Crippen LogP contribution in [0.1, 0.15) is 22.8 Å². The average molecular weight is 263 g/mol. The largest absolute Gasteiger partial charge is 0.462 e. The number of ether oxygens (including phenoxy) is 1. The molecule has 0 aliphatic carbocycles. The number of carbonyl (C=O) groups excluding carboxylic acids is 1. The van der Waals surface area contributed by atoms with Gasteiger partial charge in [0.1, 0.15) is 11.5 Å². The van der Waals surface area contributed by atoms with E-state index in [2.05, 4.69) is 0 Å². The lowest BCUT2D eigenvalue weighted by Gasteiger charge is -2.05. The summed E-state index contributed by atoms with van der Waals surface area (Å²) < 4.78 is 5.54. The van der Waals surface area contributed by atoms with E-state index < -0.39 is 0 Å². The van der Waals surface area contributed by atoms with E-state index in [1.165, 1.54) is 6.08 Å². The van der Waals surface area contributed by atoms with Crippen molar-refractivity contribution in [2.75, 3.05) is 0 Å². The van der Waals surface area contributed by atoms with Crippen LogP contribution in [0.3, 0.4) is 0 Å². The zero-order valence-corrected chi connectivity index (χ0v) is 11.0. The monoisotopic (exact) mass is 263 g/mol. The third-order valence-corrected chi connectivity index (χ3v) is 2.65. The predicted octanol–water partition coefficient (Wildman–Crippen LogP) is 3.72. The van der Waals surface area contributed by atoms with Gasteiger partial charge < -0.3 is 4.74 Å². The highest BCUT2D eigenvalue weighted by atomic mass is 16.5. The SMILES string of the molecule is C/C(=C\C(=O)c1ccccc1)Oc1ccc(C#N)cc1. The fourth-order valence-electron chi connectivity index (χ4n) is 1.68. The van der Waals surface area contributed by atoms with Crippen LogP contribution in [0.15, 0.2) is 66.4 Å². The lowest BCUT2D eigenvalue weighted by atomic mass is 10.1. The van der Waals surface area contributed by atoms with Crippen LogP contribution in [-0.4, -0.2) is 5.78 Å². The van der Waals surface area contributed by atoms with Crippen molar-refractivity contribution in [2.45, 2.75) is 6.92 Å². The Kier molecular flexibility index (Phi) is 4.31. The second-order valence-corrected chi connectivity index (χ2v) is 4.22. The number of hydrogen-bond donors (Lipinski definition) is 0. The van der Waals surface area contributed by atoms with Gasteiger partial charge in [-0.3, -0.25) is 4.79 Å². The Hall–Kier alpha value is -2.86. The molecule has 0 amide bonds.